The molecule has 5 heteroatoms. The molecule has 1 atom stereocenters. The zero-order valence-electron chi connectivity index (χ0n) is 4.70. The number of hydrogen-bond acceptors (Lipinski definition) is 1. The van der Waals surface area contributed by atoms with Gasteiger partial charge >= 0.3 is 6.18 Å². The Hall–Kier alpha value is 0.0400. The molecule has 0 heterocycles. The van der Waals surface area contributed by atoms with Crippen molar-refractivity contribution in [2.45, 2.75) is 11.6 Å². The molecule has 0 saturated carbocycles. The summed E-state index contributed by atoms with van der Waals surface area (Å²) in [6.07, 6.45) is -4.35. The number of hydrogen-bond donors (Lipinski definition) is 0. The molecule has 0 aromatic carbocycles. The first-order valence-corrected chi connectivity index (χ1v) is 2.62. The lowest BCUT2D eigenvalue weighted by Crippen LogP contribution is -2.27. The summed E-state index contributed by atoms with van der Waals surface area (Å²) in [4.78, 5) is 0. The second kappa shape index (κ2) is 3.27. The second-order valence-electron chi connectivity index (χ2n) is 1.46. The lowest BCUT2D eigenvalue weighted by Gasteiger charge is -2.11. The van der Waals surface area contributed by atoms with Crippen molar-refractivity contribution < 1.29 is 17.9 Å². The van der Waals surface area contributed by atoms with Crippen LogP contribution in [0.1, 0.15) is 0 Å². The molecule has 0 aromatic rings. The van der Waals surface area contributed by atoms with Crippen LogP contribution in [0.5, 0.6) is 0 Å². The van der Waals surface area contributed by atoms with E-state index in [0.717, 1.165) is 0 Å². The standard InChI is InChI=1S/C4H6ClF3O/c1-9-2-3(5)4(6,7)8/h3H,2H2,1H3. The van der Waals surface area contributed by atoms with Crippen LogP contribution in [-0.2, 0) is 4.74 Å². The van der Waals surface area contributed by atoms with E-state index in [-0.39, 0.29) is 0 Å². The highest BCUT2D eigenvalue weighted by Gasteiger charge is 2.37. The summed E-state index contributed by atoms with van der Waals surface area (Å²) in [5.74, 6) is 0. The van der Waals surface area contributed by atoms with Crippen molar-refractivity contribution in [3.63, 3.8) is 0 Å². The van der Waals surface area contributed by atoms with E-state index in [9.17, 15) is 13.2 Å². The fourth-order valence-corrected chi connectivity index (χ4v) is 0.367. The van der Waals surface area contributed by atoms with Crippen LogP contribution in [0.3, 0.4) is 0 Å². The minimum atomic E-state index is -4.35. The SMILES string of the molecule is COCC(Cl)C(F)(F)F. The van der Waals surface area contributed by atoms with Gasteiger partial charge in [0.05, 0.1) is 6.61 Å². The van der Waals surface area contributed by atoms with Gasteiger partial charge in [0.2, 0.25) is 0 Å². The van der Waals surface area contributed by atoms with Crippen molar-refractivity contribution in [3.05, 3.63) is 0 Å². The van der Waals surface area contributed by atoms with Crippen LogP contribution in [0.2, 0.25) is 0 Å². The van der Waals surface area contributed by atoms with Gasteiger partial charge in [-0.05, 0) is 0 Å². The molecule has 0 N–H and O–H groups in total. The van der Waals surface area contributed by atoms with E-state index in [1.165, 1.54) is 7.11 Å². The van der Waals surface area contributed by atoms with Crippen molar-refractivity contribution >= 4 is 11.6 Å². The van der Waals surface area contributed by atoms with Crippen LogP contribution in [0.15, 0.2) is 0 Å². The van der Waals surface area contributed by atoms with Crippen LogP contribution in [-0.4, -0.2) is 25.3 Å². The highest BCUT2D eigenvalue weighted by molar-refractivity contribution is 6.21. The van der Waals surface area contributed by atoms with Gasteiger partial charge in [-0.2, -0.15) is 13.2 Å². The van der Waals surface area contributed by atoms with E-state index < -0.39 is 18.2 Å². The highest BCUT2D eigenvalue weighted by atomic mass is 35.5. The quantitative estimate of drug-likeness (QED) is 0.563. The van der Waals surface area contributed by atoms with Gasteiger partial charge in [-0.15, -0.1) is 11.6 Å². The van der Waals surface area contributed by atoms with E-state index in [2.05, 4.69) is 4.74 Å². The maximum atomic E-state index is 11.4. The van der Waals surface area contributed by atoms with Crippen molar-refractivity contribution in [3.8, 4) is 0 Å². The largest absolute Gasteiger partial charge is 0.407 e. The smallest absolute Gasteiger partial charge is 0.383 e. The Bertz CT molecular complexity index is 82.4. The molecule has 1 unspecified atom stereocenters. The summed E-state index contributed by atoms with van der Waals surface area (Å²) >= 11 is 4.81. The van der Waals surface area contributed by atoms with E-state index >= 15 is 0 Å². The molecule has 0 aromatic heterocycles. The van der Waals surface area contributed by atoms with Crippen molar-refractivity contribution in [2.24, 2.45) is 0 Å². The van der Waals surface area contributed by atoms with Gasteiger partial charge in [0.15, 0.2) is 5.38 Å². The first-order chi connectivity index (χ1) is 3.98. The minimum absolute atomic E-state index is 0.495. The number of methoxy groups -OCH3 is 1. The minimum Gasteiger partial charge on any atom is -0.383 e. The molecule has 0 saturated heterocycles. The second-order valence-corrected chi connectivity index (χ2v) is 1.99. The molecule has 0 radical (unpaired) electrons. The van der Waals surface area contributed by atoms with Crippen molar-refractivity contribution in [1.29, 1.82) is 0 Å². The monoisotopic (exact) mass is 162 g/mol. The number of alkyl halides is 4. The van der Waals surface area contributed by atoms with E-state index in [1.807, 2.05) is 0 Å². The molecular weight excluding hydrogens is 156 g/mol. The Morgan fingerprint density at radius 1 is 1.56 bits per heavy atom. The van der Waals surface area contributed by atoms with Gasteiger partial charge in [-0.3, -0.25) is 0 Å². The molecule has 56 valence electrons. The average molecular weight is 163 g/mol. The molecular formula is C4H6ClF3O. The summed E-state index contributed by atoms with van der Waals surface area (Å²) in [7, 11) is 1.17. The van der Waals surface area contributed by atoms with Crippen LogP contribution >= 0.6 is 11.6 Å². The Kier molecular flexibility index (Phi) is 3.28. The van der Waals surface area contributed by atoms with Crippen LogP contribution in [0, 0.1) is 0 Å². The third kappa shape index (κ3) is 3.59. The van der Waals surface area contributed by atoms with Crippen LogP contribution < -0.4 is 0 Å². The maximum absolute atomic E-state index is 11.4. The van der Waals surface area contributed by atoms with Gasteiger partial charge in [0.25, 0.3) is 0 Å². The zero-order chi connectivity index (χ0) is 7.49. The molecule has 0 aliphatic heterocycles. The summed E-state index contributed by atoms with van der Waals surface area (Å²) in [5, 5.41) is -1.89. The maximum Gasteiger partial charge on any atom is 0.407 e. The van der Waals surface area contributed by atoms with E-state index in [1.54, 1.807) is 0 Å². The number of ether oxygens (including phenoxy) is 1. The summed E-state index contributed by atoms with van der Waals surface area (Å²) in [6.45, 7) is -0.495. The normalized spacial score (nSPS) is 15.7. The van der Waals surface area contributed by atoms with Gasteiger partial charge < -0.3 is 4.74 Å². The fourth-order valence-electron chi connectivity index (χ4n) is 0.241. The third-order valence-electron chi connectivity index (χ3n) is 0.668. The third-order valence-corrected chi connectivity index (χ3v) is 1.04. The van der Waals surface area contributed by atoms with Crippen molar-refractivity contribution in [2.75, 3.05) is 13.7 Å². The predicted octanol–water partition coefficient (Wildman–Crippen LogP) is 1.80. The molecule has 1 nitrogen and oxygen atoms in total. The lowest BCUT2D eigenvalue weighted by atomic mass is 10.4. The Morgan fingerprint density at radius 2 is 2.00 bits per heavy atom. The molecule has 0 rings (SSSR count). The molecule has 0 bridgehead atoms. The van der Waals surface area contributed by atoms with Gasteiger partial charge in [-0.25, -0.2) is 0 Å². The van der Waals surface area contributed by atoms with Crippen LogP contribution in [0.25, 0.3) is 0 Å². The molecule has 9 heavy (non-hydrogen) atoms. The molecule has 0 aliphatic rings. The lowest BCUT2D eigenvalue weighted by molar-refractivity contribution is -0.139. The topological polar surface area (TPSA) is 9.23 Å². The molecule has 0 spiro atoms. The Balaban J connectivity index is 3.59. The summed E-state index contributed by atoms with van der Waals surface area (Å²) in [6, 6.07) is 0. The fraction of sp³-hybridized carbons (Fsp3) is 1.00. The van der Waals surface area contributed by atoms with Gasteiger partial charge in [-0.1, -0.05) is 0 Å². The summed E-state index contributed by atoms with van der Waals surface area (Å²) < 4.78 is 38.5. The molecule has 0 amide bonds. The highest BCUT2D eigenvalue weighted by Crippen LogP contribution is 2.24. The first-order valence-electron chi connectivity index (χ1n) is 2.18. The van der Waals surface area contributed by atoms with E-state index in [0.29, 0.717) is 0 Å². The molecule has 0 fully saturated rings. The Labute approximate surface area is 55.7 Å². The molecule has 0 aliphatic carbocycles. The van der Waals surface area contributed by atoms with Gasteiger partial charge in [0, 0.05) is 7.11 Å². The predicted molar refractivity (Wildman–Crippen MR) is 27.6 cm³/mol. The summed E-state index contributed by atoms with van der Waals surface area (Å²) in [5.41, 5.74) is 0. The Morgan fingerprint density at radius 3 is 2.11 bits per heavy atom. The van der Waals surface area contributed by atoms with Crippen LogP contribution in [0.4, 0.5) is 13.2 Å². The zero-order valence-corrected chi connectivity index (χ0v) is 5.46. The number of halogens is 4. The first kappa shape index (κ1) is 9.04. The van der Waals surface area contributed by atoms with Gasteiger partial charge in [0.1, 0.15) is 0 Å². The average Bonchev–Trinajstić information content (AvgIpc) is 1.64. The van der Waals surface area contributed by atoms with E-state index in [4.69, 9.17) is 11.6 Å². The number of rotatable bonds is 2. The van der Waals surface area contributed by atoms with Crippen molar-refractivity contribution in [1.82, 2.24) is 0 Å².